The Morgan fingerprint density at radius 1 is 1.31 bits per heavy atom. The molecular weight excluding hydrogens is 340 g/mol. The lowest BCUT2D eigenvalue weighted by Crippen LogP contribution is -2.47. The first-order chi connectivity index (χ1) is 12.2. The van der Waals surface area contributed by atoms with Gasteiger partial charge in [0.2, 0.25) is 5.91 Å². The van der Waals surface area contributed by atoms with E-state index in [1.54, 1.807) is 32.9 Å². The number of piperidine rings is 1. The second kappa shape index (κ2) is 8.03. The van der Waals surface area contributed by atoms with Crippen LogP contribution in [0.5, 0.6) is 0 Å². The molecule has 0 bridgehead atoms. The minimum atomic E-state index is -0.597. The van der Waals surface area contributed by atoms with Gasteiger partial charge in [0.1, 0.15) is 11.3 Å². The summed E-state index contributed by atoms with van der Waals surface area (Å²) in [6, 6.07) is 6.03. The van der Waals surface area contributed by atoms with Gasteiger partial charge >= 0.3 is 6.09 Å². The van der Waals surface area contributed by atoms with Gasteiger partial charge in [-0.1, -0.05) is 12.1 Å². The van der Waals surface area contributed by atoms with Crippen LogP contribution in [0.2, 0.25) is 0 Å². The third-order valence-electron chi connectivity index (χ3n) is 3.86. The molecule has 2 N–H and O–H groups in total. The average molecular weight is 364 g/mol. The molecule has 1 saturated heterocycles. The number of para-hydroxylation sites is 2. The maximum atomic E-state index is 12.4. The molecular formula is C17H24N4O5. The molecule has 2 rings (SSSR count). The SMILES string of the molecule is CC(C)(C)OC(=O)N1CCCC(C(=O)NNc2ccccc2[N+](=O)[O-])C1. The number of benzene rings is 1. The summed E-state index contributed by atoms with van der Waals surface area (Å²) in [5.41, 5.74) is 4.57. The second-order valence-corrected chi connectivity index (χ2v) is 7.15. The number of hydrogen-bond acceptors (Lipinski definition) is 6. The minimum Gasteiger partial charge on any atom is -0.444 e. The van der Waals surface area contributed by atoms with Crippen LogP contribution in [-0.4, -0.2) is 40.5 Å². The van der Waals surface area contributed by atoms with E-state index in [1.807, 2.05) is 0 Å². The van der Waals surface area contributed by atoms with Gasteiger partial charge in [-0.2, -0.15) is 0 Å². The van der Waals surface area contributed by atoms with Crippen LogP contribution in [-0.2, 0) is 9.53 Å². The Morgan fingerprint density at radius 2 is 2.00 bits per heavy atom. The highest BCUT2D eigenvalue weighted by Crippen LogP contribution is 2.23. The van der Waals surface area contributed by atoms with Crippen LogP contribution in [0.1, 0.15) is 33.6 Å². The molecule has 2 amide bonds. The van der Waals surface area contributed by atoms with Gasteiger partial charge in [-0.25, -0.2) is 4.79 Å². The molecule has 9 heteroatoms. The summed E-state index contributed by atoms with van der Waals surface area (Å²) in [7, 11) is 0. The van der Waals surface area contributed by atoms with Gasteiger partial charge in [-0.05, 0) is 39.7 Å². The Labute approximate surface area is 151 Å². The van der Waals surface area contributed by atoms with Crippen molar-refractivity contribution in [3.63, 3.8) is 0 Å². The molecule has 1 aliphatic heterocycles. The fourth-order valence-corrected chi connectivity index (χ4v) is 2.65. The molecule has 1 aromatic rings. The first kappa shape index (κ1) is 19.5. The average Bonchev–Trinajstić information content (AvgIpc) is 2.58. The number of hydrogen-bond donors (Lipinski definition) is 2. The van der Waals surface area contributed by atoms with E-state index in [4.69, 9.17) is 4.74 Å². The highest BCUT2D eigenvalue weighted by molar-refractivity contribution is 5.81. The molecule has 1 atom stereocenters. The molecule has 1 unspecified atom stereocenters. The third kappa shape index (κ3) is 5.33. The Morgan fingerprint density at radius 3 is 2.65 bits per heavy atom. The molecule has 26 heavy (non-hydrogen) atoms. The van der Waals surface area contributed by atoms with E-state index >= 15 is 0 Å². The van der Waals surface area contributed by atoms with Gasteiger partial charge in [-0.15, -0.1) is 0 Å². The maximum Gasteiger partial charge on any atom is 0.410 e. The third-order valence-corrected chi connectivity index (χ3v) is 3.86. The molecule has 9 nitrogen and oxygen atoms in total. The predicted octanol–water partition coefficient (Wildman–Crippen LogP) is 2.69. The van der Waals surface area contributed by atoms with Gasteiger partial charge in [0.05, 0.1) is 10.8 Å². The second-order valence-electron chi connectivity index (χ2n) is 7.15. The van der Waals surface area contributed by atoms with Crippen LogP contribution in [0.4, 0.5) is 16.2 Å². The maximum absolute atomic E-state index is 12.4. The topological polar surface area (TPSA) is 114 Å². The van der Waals surface area contributed by atoms with E-state index in [0.717, 1.165) is 0 Å². The van der Waals surface area contributed by atoms with Crippen molar-refractivity contribution in [1.29, 1.82) is 0 Å². The summed E-state index contributed by atoms with van der Waals surface area (Å²) >= 11 is 0. The van der Waals surface area contributed by atoms with Gasteiger partial charge in [0.15, 0.2) is 0 Å². The van der Waals surface area contributed by atoms with Gasteiger partial charge < -0.3 is 9.64 Å². The fraction of sp³-hybridized carbons (Fsp3) is 0.529. The lowest BCUT2D eigenvalue weighted by atomic mass is 9.98. The van der Waals surface area contributed by atoms with E-state index in [0.29, 0.717) is 19.4 Å². The zero-order chi connectivity index (χ0) is 19.3. The molecule has 0 aliphatic carbocycles. The van der Waals surface area contributed by atoms with Crippen molar-refractivity contribution in [1.82, 2.24) is 10.3 Å². The van der Waals surface area contributed by atoms with Crippen molar-refractivity contribution in [2.24, 2.45) is 5.92 Å². The normalized spacial score (nSPS) is 17.3. The van der Waals surface area contributed by atoms with Crippen molar-refractivity contribution in [3.05, 3.63) is 34.4 Å². The van der Waals surface area contributed by atoms with Crippen LogP contribution in [0.25, 0.3) is 0 Å². The molecule has 0 radical (unpaired) electrons. The molecule has 0 spiro atoms. The molecule has 1 aromatic carbocycles. The Bertz CT molecular complexity index is 686. The van der Waals surface area contributed by atoms with Crippen molar-refractivity contribution < 1.29 is 19.2 Å². The van der Waals surface area contributed by atoms with Crippen molar-refractivity contribution in [2.45, 2.75) is 39.2 Å². The van der Waals surface area contributed by atoms with Gasteiger partial charge in [0, 0.05) is 19.2 Å². The zero-order valence-corrected chi connectivity index (χ0v) is 15.2. The summed E-state index contributed by atoms with van der Waals surface area (Å²) in [5.74, 6) is -0.733. The van der Waals surface area contributed by atoms with Crippen LogP contribution < -0.4 is 10.9 Å². The number of carbonyl (C=O) groups excluding carboxylic acids is 2. The molecule has 0 aromatic heterocycles. The van der Waals surface area contributed by atoms with Crippen LogP contribution >= 0.6 is 0 Å². The highest BCUT2D eigenvalue weighted by Gasteiger charge is 2.31. The van der Waals surface area contributed by atoms with Gasteiger partial charge in [-0.3, -0.25) is 25.8 Å². The largest absolute Gasteiger partial charge is 0.444 e. The van der Waals surface area contributed by atoms with Crippen LogP contribution in [0.3, 0.4) is 0 Å². The van der Waals surface area contributed by atoms with Crippen molar-refractivity contribution >= 4 is 23.4 Å². The van der Waals surface area contributed by atoms with Crippen molar-refractivity contribution in [2.75, 3.05) is 18.5 Å². The summed E-state index contributed by atoms with van der Waals surface area (Å²) in [6.45, 7) is 6.15. The number of anilines is 1. The predicted molar refractivity (Wildman–Crippen MR) is 95.4 cm³/mol. The highest BCUT2D eigenvalue weighted by atomic mass is 16.6. The van der Waals surface area contributed by atoms with E-state index in [9.17, 15) is 19.7 Å². The lowest BCUT2D eigenvalue weighted by molar-refractivity contribution is -0.384. The van der Waals surface area contributed by atoms with Gasteiger partial charge in [0.25, 0.3) is 5.69 Å². The molecule has 1 fully saturated rings. The number of nitrogens with zero attached hydrogens (tertiary/aromatic N) is 2. The monoisotopic (exact) mass is 364 g/mol. The number of amides is 2. The Kier molecular flexibility index (Phi) is 6.01. The van der Waals surface area contributed by atoms with E-state index in [-0.39, 0.29) is 23.8 Å². The quantitative estimate of drug-likeness (QED) is 0.627. The number of nitro groups is 1. The summed E-state index contributed by atoms with van der Waals surface area (Å²) in [6.07, 6.45) is 0.869. The molecule has 1 aliphatic rings. The Hall–Kier alpha value is -2.84. The number of rotatable bonds is 4. The van der Waals surface area contributed by atoms with Crippen molar-refractivity contribution in [3.8, 4) is 0 Å². The summed E-state index contributed by atoms with van der Waals surface area (Å²) < 4.78 is 5.34. The number of carbonyl (C=O) groups is 2. The smallest absolute Gasteiger partial charge is 0.410 e. The minimum absolute atomic E-state index is 0.133. The number of nitrogens with one attached hydrogen (secondary N) is 2. The lowest BCUT2D eigenvalue weighted by Gasteiger charge is -2.33. The first-order valence-electron chi connectivity index (χ1n) is 8.44. The standard InChI is InChI=1S/C17H24N4O5/c1-17(2,3)26-16(23)20-10-6-7-12(11-20)15(22)19-18-13-8-4-5-9-14(13)21(24)25/h4-5,8-9,12,18H,6-7,10-11H2,1-3H3,(H,19,22). The van der Waals surface area contributed by atoms with Crippen LogP contribution in [0, 0.1) is 16.0 Å². The van der Waals surface area contributed by atoms with E-state index < -0.39 is 22.5 Å². The number of ether oxygens (including phenoxy) is 1. The number of nitro benzene ring substituents is 1. The van der Waals surface area contributed by atoms with E-state index in [1.165, 1.54) is 17.0 Å². The number of hydrazine groups is 1. The van der Waals surface area contributed by atoms with E-state index in [2.05, 4.69) is 10.9 Å². The molecule has 0 saturated carbocycles. The Balaban J connectivity index is 1.93. The summed E-state index contributed by atoms with van der Waals surface area (Å²) in [4.78, 5) is 36.5. The molecule has 1 heterocycles. The number of likely N-dealkylation sites (tertiary alicyclic amines) is 1. The summed E-state index contributed by atoms with van der Waals surface area (Å²) in [5, 5.41) is 11.0. The zero-order valence-electron chi connectivity index (χ0n) is 15.2. The fourth-order valence-electron chi connectivity index (χ4n) is 2.65. The first-order valence-corrected chi connectivity index (χ1v) is 8.44. The van der Waals surface area contributed by atoms with Crippen LogP contribution in [0.15, 0.2) is 24.3 Å². The molecule has 142 valence electrons.